The van der Waals surface area contributed by atoms with Crippen LogP contribution in [0.4, 0.5) is 18.9 Å². The normalized spacial score (nSPS) is 19.5. The molecule has 0 spiro atoms. The number of pyridine rings is 1. The third-order valence-electron chi connectivity index (χ3n) is 4.09. The molecule has 0 bridgehead atoms. The summed E-state index contributed by atoms with van der Waals surface area (Å²) in [7, 11) is 0. The number of benzene rings is 1. The van der Waals surface area contributed by atoms with Crippen molar-refractivity contribution in [2.75, 3.05) is 4.90 Å². The average molecular weight is 335 g/mol. The first-order valence-corrected chi connectivity index (χ1v) is 7.18. The Labute approximate surface area is 134 Å². The first kappa shape index (κ1) is 16.2. The van der Waals surface area contributed by atoms with Crippen molar-refractivity contribution in [3.63, 3.8) is 0 Å². The standard InChI is InChI=1S/C16H12F3N3O2/c17-16(18,19)15(24)13-3-4-14(23)22(13)10-1-2-11-9(7-10)5-6-21-12(11)8-20/h1-2,5-7,13,15,24H,3-4H2. The number of alkyl halides is 3. The van der Waals surface area contributed by atoms with Crippen LogP contribution in [-0.4, -0.2) is 34.3 Å². The van der Waals surface area contributed by atoms with E-state index in [4.69, 9.17) is 5.26 Å². The van der Waals surface area contributed by atoms with E-state index in [9.17, 15) is 23.1 Å². The van der Waals surface area contributed by atoms with Gasteiger partial charge < -0.3 is 10.0 Å². The van der Waals surface area contributed by atoms with Crippen molar-refractivity contribution in [1.29, 1.82) is 5.26 Å². The molecule has 1 aliphatic rings. The van der Waals surface area contributed by atoms with Crippen LogP contribution in [0.2, 0.25) is 0 Å². The second-order valence-corrected chi connectivity index (χ2v) is 5.53. The molecule has 124 valence electrons. The predicted octanol–water partition coefficient (Wildman–Crippen LogP) is 2.53. The maximum Gasteiger partial charge on any atom is 0.416 e. The molecule has 24 heavy (non-hydrogen) atoms. The largest absolute Gasteiger partial charge is 0.416 e. The number of aliphatic hydroxyl groups excluding tert-OH is 1. The monoisotopic (exact) mass is 335 g/mol. The Morgan fingerprint density at radius 2 is 2.12 bits per heavy atom. The Morgan fingerprint density at radius 3 is 2.79 bits per heavy atom. The van der Waals surface area contributed by atoms with Crippen molar-refractivity contribution < 1.29 is 23.1 Å². The molecule has 2 atom stereocenters. The van der Waals surface area contributed by atoms with E-state index in [1.54, 1.807) is 12.1 Å². The molecule has 1 aliphatic heterocycles. The summed E-state index contributed by atoms with van der Waals surface area (Å²) in [5.41, 5.74) is 0.451. The van der Waals surface area contributed by atoms with Crippen molar-refractivity contribution in [1.82, 2.24) is 4.98 Å². The molecule has 2 aromatic rings. The van der Waals surface area contributed by atoms with Crippen molar-refractivity contribution in [3.8, 4) is 6.07 Å². The molecule has 0 aliphatic carbocycles. The number of nitrogens with zero attached hydrogens (tertiary/aromatic N) is 3. The van der Waals surface area contributed by atoms with Gasteiger partial charge in [0.25, 0.3) is 0 Å². The average Bonchev–Trinajstić information content (AvgIpc) is 2.93. The van der Waals surface area contributed by atoms with Gasteiger partial charge in [0, 0.05) is 23.7 Å². The highest BCUT2D eigenvalue weighted by Crippen LogP contribution is 2.35. The smallest absolute Gasteiger partial charge is 0.382 e. The molecule has 8 heteroatoms. The van der Waals surface area contributed by atoms with Gasteiger partial charge >= 0.3 is 6.18 Å². The molecule has 2 unspecified atom stereocenters. The fraction of sp³-hybridized carbons (Fsp3) is 0.312. The van der Waals surface area contributed by atoms with Crippen molar-refractivity contribution >= 4 is 22.4 Å². The SMILES string of the molecule is N#Cc1nccc2cc(N3C(=O)CCC3C(O)C(F)(F)F)ccc12. The lowest BCUT2D eigenvalue weighted by molar-refractivity contribution is -0.209. The summed E-state index contributed by atoms with van der Waals surface area (Å²) >= 11 is 0. The molecule has 1 fully saturated rings. The van der Waals surface area contributed by atoms with Gasteiger partial charge in [0.05, 0.1) is 6.04 Å². The number of halogens is 3. The number of carbonyl (C=O) groups is 1. The lowest BCUT2D eigenvalue weighted by Crippen LogP contribution is -2.48. The number of aromatic nitrogens is 1. The number of amides is 1. The fourth-order valence-corrected chi connectivity index (χ4v) is 2.96. The van der Waals surface area contributed by atoms with E-state index >= 15 is 0 Å². The molecule has 1 amide bonds. The van der Waals surface area contributed by atoms with E-state index in [1.807, 2.05) is 6.07 Å². The summed E-state index contributed by atoms with van der Waals surface area (Å²) in [5, 5.41) is 19.7. The molecular weight excluding hydrogens is 323 g/mol. The summed E-state index contributed by atoms with van der Waals surface area (Å²) in [6.45, 7) is 0. The Kier molecular flexibility index (Phi) is 3.89. The minimum Gasteiger partial charge on any atom is -0.382 e. The maximum atomic E-state index is 12.8. The highest BCUT2D eigenvalue weighted by atomic mass is 19.4. The number of aliphatic hydroxyl groups is 1. The van der Waals surface area contributed by atoms with Crippen LogP contribution in [0.15, 0.2) is 30.5 Å². The van der Waals surface area contributed by atoms with Gasteiger partial charge in [0.15, 0.2) is 6.10 Å². The number of hydrogen-bond donors (Lipinski definition) is 1. The zero-order valence-electron chi connectivity index (χ0n) is 12.3. The molecule has 2 heterocycles. The van der Waals surface area contributed by atoms with Gasteiger partial charge in [-0.3, -0.25) is 4.79 Å². The van der Waals surface area contributed by atoms with Gasteiger partial charge in [0.2, 0.25) is 5.91 Å². The Morgan fingerprint density at radius 1 is 1.38 bits per heavy atom. The molecule has 1 saturated heterocycles. The Bertz CT molecular complexity index is 845. The van der Waals surface area contributed by atoms with Gasteiger partial charge in [-0.25, -0.2) is 4.98 Å². The topological polar surface area (TPSA) is 77.2 Å². The van der Waals surface area contributed by atoms with E-state index in [-0.39, 0.29) is 24.2 Å². The highest BCUT2D eigenvalue weighted by Gasteiger charge is 2.49. The van der Waals surface area contributed by atoms with Crippen LogP contribution in [0.1, 0.15) is 18.5 Å². The van der Waals surface area contributed by atoms with Gasteiger partial charge in [-0.2, -0.15) is 18.4 Å². The number of rotatable bonds is 2. The zero-order valence-corrected chi connectivity index (χ0v) is 12.3. The second-order valence-electron chi connectivity index (χ2n) is 5.53. The predicted molar refractivity (Wildman–Crippen MR) is 79.0 cm³/mol. The van der Waals surface area contributed by atoms with Crippen LogP contribution in [-0.2, 0) is 4.79 Å². The minimum absolute atomic E-state index is 0.0599. The van der Waals surface area contributed by atoms with Gasteiger partial charge in [-0.15, -0.1) is 0 Å². The molecule has 0 radical (unpaired) electrons. The van der Waals surface area contributed by atoms with Gasteiger partial charge in [0.1, 0.15) is 11.8 Å². The molecule has 3 rings (SSSR count). The van der Waals surface area contributed by atoms with Gasteiger partial charge in [-0.1, -0.05) is 0 Å². The zero-order chi connectivity index (χ0) is 17.5. The summed E-state index contributed by atoms with van der Waals surface area (Å²) in [4.78, 5) is 17.0. The number of fused-ring (bicyclic) bond motifs is 1. The summed E-state index contributed by atoms with van der Waals surface area (Å²) in [6, 6.07) is 6.71. The maximum absolute atomic E-state index is 12.8. The van der Waals surface area contributed by atoms with Crippen LogP contribution >= 0.6 is 0 Å². The van der Waals surface area contributed by atoms with Crippen molar-refractivity contribution in [2.24, 2.45) is 0 Å². The van der Waals surface area contributed by atoms with Crippen LogP contribution in [0, 0.1) is 11.3 Å². The molecule has 1 N–H and O–H groups in total. The summed E-state index contributed by atoms with van der Waals surface area (Å²) in [5.74, 6) is -0.475. The van der Waals surface area contributed by atoms with E-state index in [1.165, 1.54) is 18.3 Å². The van der Waals surface area contributed by atoms with Crippen LogP contribution < -0.4 is 4.90 Å². The third-order valence-corrected chi connectivity index (χ3v) is 4.09. The number of carbonyl (C=O) groups excluding carboxylic acids is 1. The van der Waals surface area contributed by atoms with Crippen LogP contribution in [0.5, 0.6) is 0 Å². The van der Waals surface area contributed by atoms with E-state index in [0.717, 1.165) is 4.90 Å². The first-order chi connectivity index (χ1) is 11.3. The summed E-state index contributed by atoms with van der Waals surface area (Å²) in [6.07, 6.45) is -6.12. The summed E-state index contributed by atoms with van der Waals surface area (Å²) < 4.78 is 38.5. The number of nitriles is 1. The van der Waals surface area contributed by atoms with E-state index < -0.39 is 24.2 Å². The first-order valence-electron chi connectivity index (χ1n) is 7.18. The minimum atomic E-state index is -4.80. The molecule has 1 aromatic heterocycles. The second kappa shape index (κ2) is 5.76. The lowest BCUT2D eigenvalue weighted by atomic mass is 10.1. The molecular formula is C16H12F3N3O2. The van der Waals surface area contributed by atoms with Crippen LogP contribution in [0.25, 0.3) is 10.8 Å². The van der Waals surface area contributed by atoms with Crippen molar-refractivity contribution in [3.05, 3.63) is 36.2 Å². The molecule has 0 saturated carbocycles. The number of hydrogen-bond acceptors (Lipinski definition) is 4. The number of anilines is 1. The van der Waals surface area contributed by atoms with E-state index in [2.05, 4.69) is 4.98 Å². The third kappa shape index (κ3) is 2.67. The van der Waals surface area contributed by atoms with Crippen LogP contribution in [0.3, 0.4) is 0 Å². The van der Waals surface area contributed by atoms with Gasteiger partial charge in [-0.05, 0) is 36.1 Å². The van der Waals surface area contributed by atoms with E-state index in [0.29, 0.717) is 10.8 Å². The molecule has 5 nitrogen and oxygen atoms in total. The molecule has 1 aromatic carbocycles. The Balaban J connectivity index is 2.04. The quantitative estimate of drug-likeness (QED) is 0.915. The highest BCUT2D eigenvalue weighted by molar-refractivity contribution is 5.99. The lowest BCUT2D eigenvalue weighted by Gasteiger charge is -2.30. The van der Waals surface area contributed by atoms with Crippen molar-refractivity contribution in [2.45, 2.75) is 31.2 Å². The fourth-order valence-electron chi connectivity index (χ4n) is 2.96. The Hall–Kier alpha value is -2.66.